The number of anilines is 1. The van der Waals surface area contributed by atoms with E-state index in [1.54, 1.807) is 13.3 Å². The van der Waals surface area contributed by atoms with E-state index in [2.05, 4.69) is 38.1 Å². The Bertz CT molecular complexity index is 1920. The molecule has 3 N–H and O–H groups in total. The van der Waals surface area contributed by atoms with Gasteiger partial charge in [0.15, 0.2) is 5.65 Å². The Morgan fingerprint density at radius 3 is 2.15 bits per heavy atom. The second kappa shape index (κ2) is 20.8. The van der Waals surface area contributed by atoms with Gasteiger partial charge in [-0.3, -0.25) is 4.79 Å². The van der Waals surface area contributed by atoms with E-state index in [1.165, 1.54) is 11.9 Å². The molecule has 1 aliphatic heterocycles. The summed E-state index contributed by atoms with van der Waals surface area (Å²) in [5.74, 6) is 0.457. The Morgan fingerprint density at radius 1 is 0.796 bits per heavy atom. The minimum absolute atomic E-state index is 0.0833. The Morgan fingerprint density at radius 2 is 1.46 bits per heavy atom. The van der Waals surface area contributed by atoms with Crippen molar-refractivity contribution in [2.24, 2.45) is 0 Å². The maximum absolute atomic E-state index is 13.0. The number of fused-ring (bicyclic) bond motifs is 3. The number of rotatable bonds is 24. The number of H-pyrrole nitrogens is 1. The van der Waals surface area contributed by atoms with Crippen molar-refractivity contribution >= 4 is 33.8 Å². The van der Waals surface area contributed by atoms with E-state index in [9.17, 15) is 4.79 Å². The van der Waals surface area contributed by atoms with Gasteiger partial charge in [0.25, 0.3) is 0 Å². The third kappa shape index (κ3) is 11.0. The molecule has 1 aliphatic rings. The number of ether oxygens (including phenoxy) is 7. The van der Waals surface area contributed by atoms with Gasteiger partial charge in [0.1, 0.15) is 23.5 Å². The highest BCUT2D eigenvalue weighted by atomic mass is 16.6. The third-order valence-electron chi connectivity index (χ3n) is 8.95. The second-order valence-corrected chi connectivity index (χ2v) is 12.7. The van der Waals surface area contributed by atoms with Crippen molar-refractivity contribution < 1.29 is 38.0 Å². The van der Waals surface area contributed by atoms with Gasteiger partial charge in [-0.1, -0.05) is 18.2 Å². The van der Waals surface area contributed by atoms with Gasteiger partial charge in [0, 0.05) is 43.5 Å². The standard InChI is InChI=1S/C38H50N8O8/c1-48-10-11-50-14-15-52-18-19-54-21-20-53-17-16-51-13-12-49-9-6-33(47)45-8-5-29-22-28(2-3-31(29)26-45)25-46-38-34(36(39)42-27-43-38)35(44-46)32-23-30-4-7-40-37(30)41-24-32/h2-4,7,22-24,27H,5-6,8-21,25-26H2,1H3,(H,40,41)(H2,39,42,43). The normalized spacial score (nSPS) is 12.9. The summed E-state index contributed by atoms with van der Waals surface area (Å²) in [7, 11) is 1.64. The lowest BCUT2D eigenvalue weighted by molar-refractivity contribution is -0.133. The van der Waals surface area contributed by atoms with Crippen LogP contribution in [0.3, 0.4) is 0 Å². The average Bonchev–Trinajstić information content (AvgIpc) is 3.82. The summed E-state index contributed by atoms with van der Waals surface area (Å²) in [6.07, 6.45) is 6.21. The van der Waals surface area contributed by atoms with Crippen LogP contribution in [-0.2, 0) is 57.5 Å². The molecule has 6 rings (SSSR count). The lowest BCUT2D eigenvalue weighted by atomic mass is 9.97. The zero-order valence-corrected chi connectivity index (χ0v) is 30.9. The molecule has 16 nitrogen and oxygen atoms in total. The van der Waals surface area contributed by atoms with Crippen LogP contribution < -0.4 is 5.73 Å². The van der Waals surface area contributed by atoms with Crippen LogP contribution in [0.1, 0.15) is 23.1 Å². The Balaban J connectivity index is 0.849. The van der Waals surface area contributed by atoms with E-state index in [0.717, 1.165) is 34.1 Å². The topological polar surface area (TPSA) is 183 Å². The molecular weight excluding hydrogens is 696 g/mol. The first kappa shape index (κ1) is 39.2. The van der Waals surface area contributed by atoms with E-state index in [-0.39, 0.29) is 5.91 Å². The van der Waals surface area contributed by atoms with Gasteiger partial charge in [-0.25, -0.2) is 19.6 Å². The molecule has 0 atom stereocenters. The highest BCUT2D eigenvalue weighted by Gasteiger charge is 2.22. The van der Waals surface area contributed by atoms with E-state index in [4.69, 9.17) is 44.0 Å². The van der Waals surface area contributed by atoms with Gasteiger partial charge in [-0.15, -0.1) is 0 Å². The molecule has 290 valence electrons. The third-order valence-corrected chi connectivity index (χ3v) is 8.95. The molecule has 1 aromatic carbocycles. The molecule has 54 heavy (non-hydrogen) atoms. The van der Waals surface area contributed by atoms with E-state index in [0.29, 0.717) is 134 Å². The molecule has 0 unspecified atom stereocenters. The highest BCUT2D eigenvalue weighted by Crippen LogP contribution is 2.32. The van der Waals surface area contributed by atoms with Crippen molar-refractivity contribution in [3.63, 3.8) is 0 Å². The fourth-order valence-corrected chi connectivity index (χ4v) is 6.16. The minimum Gasteiger partial charge on any atom is -0.383 e. The van der Waals surface area contributed by atoms with Crippen LogP contribution in [0.15, 0.2) is 49.1 Å². The number of nitrogens with one attached hydrogen (secondary N) is 1. The van der Waals surface area contributed by atoms with Gasteiger partial charge < -0.3 is 48.8 Å². The Kier molecular flexibility index (Phi) is 15.1. The van der Waals surface area contributed by atoms with Gasteiger partial charge in [0.05, 0.1) is 104 Å². The highest BCUT2D eigenvalue weighted by molar-refractivity contribution is 5.99. The molecule has 0 saturated carbocycles. The van der Waals surface area contributed by atoms with Crippen molar-refractivity contribution in [3.8, 4) is 11.3 Å². The molecule has 16 heteroatoms. The van der Waals surface area contributed by atoms with Crippen LogP contribution in [0.25, 0.3) is 33.3 Å². The lowest BCUT2D eigenvalue weighted by Gasteiger charge is -2.29. The van der Waals surface area contributed by atoms with Crippen molar-refractivity contribution in [2.75, 3.05) is 105 Å². The first-order valence-electron chi connectivity index (χ1n) is 18.3. The van der Waals surface area contributed by atoms with E-state index < -0.39 is 0 Å². The number of pyridine rings is 1. The molecule has 0 bridgehead atoms. The van der Waals surface area contributed by atoms with Gasteiger partial charge >= 0.3 is 0 Å². The second-order valence-electron chi connectivity index (χ2n) is 12.7. The number of hydrogen-bond donors (Lipinski definition) is 2. The number of hydrogen-bond acceptors (Lipinski definition) is 13. The zero-order valence-electron chi connectivity index (χ0n) is 30.9. The number of nitrogens with two attached hydrogens (primary N) is 1. The van der Waals surface area contributed by atoms with Crippen LogP contribution in [0.2, 0.25) is 0 Å². The molecule has 0 radical (unpaired) electrons. The van der Waals surface area contributed by atoms with Crippen LogP contribution >= 0.6 is 0 Å². The summed E-state index contributed by atoms with van der Waals surface area (Å²) in [6, 6.07) is 10.4. The molecule has 5 aromatic rings. The number of carbonyl (C=O) groups excluding carboxylic acids is 1. The number of methoxy groups -OCH3 is 1. The number of benzene rings is 1. The molecule has 0 saturated heterocycles. The lowest BCUT2D eigenvalue weighted by Crippen LogP contribution is -2.36. The summed E-state index contributed by atoms with van der Waals surface area (Å²) in [5.41, 5.74) is 12.8. The number of aromatic nitrogens is 6. The maximum atomic E-state index is 13.0. The predicted octanol–water partition coefficient (Wildman–Crippen LogP) is 3.02. The number of carbonyl (C=O) groups is 1. The van der Waals surface area contributed by atoms with Crippen molar-refractivity contribution in [2.45, 2.75) is 25.9 Å². The summed E-state index contributed by atoms with van der Waals surface area (Å²) < 4.78 is 39.7. The molecule has 5 heterocycles. The fraction of sp³-hybridized carbons (Fsp3) is 0.500. The number of aromatic amines is 1. The number of nitrogens with zero attached hydrogens (tertiary/aromatic N) is 6. The SMILES string of the molecule is COCCOCCOCCOCCOCCOCCOCCC(=O)N1CCc2cc(Cn3nc(-c4cnc5[nH]ccc5c4)c4c(N)ncnc43)ccc2C1. The predicted molar refractivity (Wildman–Crippen MR) is 201 cm³/mol. The fourth-order valence-electron chi connectivity index (χ4n) is 6.16. The van der Waals surface area contributed by atoms with E-state index >= 15 is 0 Å². The largest absolute Gasteiger partial charge is 0.383 e. The van der Waals surface area contributed by atoms with Crippen molar-refractivity contribution in [1.29, 1.82) is 0 Å². The van der Waals surface area contributed by atoms with Crippen LogP contribution in [-0.4, -0.2) is 140 Å². The van der Waals surface area contributed by atoms with Crippen LogP contribution in [0, 0.1) is 0 Å². The Hall–Kier alpha value is -4.55. The summed E-state index contributed by atoms with van der Waals surface area (Å²) >= 11 is 0. The Labute approximate surface area is 314 Å². The maximum Gasteiger partial charge on any atom is 0.225 e. The summed E-state index contributed by atoms with van der Waals surface area (Å²) in [5, 5.41) is 6.62. The molecule has 1 amide bonds. The first-order chi connectivity index (χ1) is 26.6. The molecule has 0 spiro atoms. The van der Waals surface area contributed by atoms with E-state index in [1.807, 2.05) is 27.9 Å². The molecule has 0 aliphatic carbocycles. The smallest absolute Gasteiger partial charge is 0.225 e. The minimum atomic E-state index is 0.0833. The first-order valence-corrected chi connectivity index (χ1v) is 18.3. The van der Waals surface area contributed by atoms with Gasteiger partial charge in [-0.05, 0) is 35.2 Å². The van der Waals surface area contributed by atoms with Crippen LogP contribution in [0.5, 0.6) is 0 Å². The van der Waals surface area contributed by atoms with Crippen molar-refractivity contribution in [3.05, 3.63) is 65.7 Å². The van der Waals surface area contributed by atoms with Crippen LogP contribution in [0.4, 0.5) is 5.82 Å². The monoisotopic (exact) mass is 746 g/mol. The number of amides is 1. The summed E-state index contributed by atoms with van der Waals surface area (Å²) in [6.45, 7) is 8.16. The zero-order chi connectivity index (χ0) is 37.4. The number of nitrogen functional groups attached to an aromatic ring is 1. The van der Waals surface area contributed by atoms with Gasteiger partial charge in [0.2, 0.25) is 5.91 Å². The average molecular weight is 747 g/mol. The van der Waals surface area contributed by atoms with Gasteiger partial charge in [-0.2, -0.15) is 5.10 Å². The quantitative estimate of drug-likeness (QED) is 0.0880. The molecule has 0 fully saturated rings. The molecular formula is C38H50N8O8. The summed E-state index contributed by atoms with van der Waals surface area (Å²) in [4.78, 5) is 31.3. The molecule has 4 aromatic heterocycles. The van der Waals surface area contributed by atoms with Crippen molar-refractivity contribution in [1.82, 2.24) is 34.6 Å².